The second kappa shape index (κ2) is 9.25. The quantitative estimate of drug-likeness (QED) is 0.412. The van der Waals surface area contributed by atoms with E-state index in [-0.39, 0.29) is 5.56 Å². The van der Waals surface area contributed by atoms with Crippen molar-refractivity contribution in [2.45, 2.75) is 77.6 Å². The van der Waals surface area contributed by atoms with E-state index in [1.165, 1.54) is 26.2 Å². The summed E-state index contributed by atoms with van der Waals surface area (Å²) in [5.74, 6) is -6.20. The predicted molar refractivity (Wildman–Crippen MR) is 119 cm³/mol. The number of hydrogen-bond acceptors (Lipinski definition) is 8. The summed E-state index contributed by atoms with van der Waals surface area (Å²) in [7, 11) is 1.25. The van der Waals surface area contributed by atoms with Crippen LogP contribution in [0.3, 0.4) is 0 Å². The average molecular weight is 463 g/mol. The van der Waals surface area contributed by atoms with Gasteiger partial charge in [0.15, 0.2) is 5.78 Å². The third-order valence-electron chi connectivity index (χ3n) is 5.31. The van der Waals surface area contributed by atoms with Crippen LogP contribution < -0.4 is 0 Å². The molecule has 0 aliphatic heterocycles. The van der Waals surface area contributed by atoms with Crippen molar-refractivity contribution in [2.75, 3.05) is 7.11 Å². The maximum Gasteiger partial charge on any atom is 0.337 e. The second-order valence-corrected chi connectivity index (χ2v) is 10.7. The third kappa shape index (κ3) is 6.41. The molecule has 0 unspecified atom stereocenters. The number of methoxy groups -OCH3 is 1. The minimum atomic E-state index is -1.76. The van der Waals surface area contributed by atoms with Crippen LogP contribution in [0.4, 0.5) is 0 Å². The van der Waals surface area contributed by atoms with Gasteiger partial charge in [-0.1, -0.05) is 12.1 Å². The molecule has 0 bridgehead atoms. The molecule has 0 spiro atoms. The van der Waals surface area contributed by atoms with Gasteiger partial charge in [0, 0.05) is 12.3 Å². The van der Waals surface area contributed by atoms with Crippen molar-refractivity contribution in [3.8, 4) is 0 Å². The van der Waals surface area contributed by atoms with E-state index in [9.17, 15) is 24.3 Å². The van der Waals surface area contributed by atoms with Crippen molar-refractivity contribution < 1.29 is 38.5 Å². The summed E-state index contributed by atoms with van der Waals surface area (Å²) in [5.41, 5.74) is -2.79. The molecular formula is C25H34O8. The molecule has 8 nitrogen and oxygen atoms in total. The maximum absolute atomic E-state index is 13.3. The first kappa shape index (κ1) is 26.5. The van der Waals surface area contributed by atoms with Crippen LogP contribution in [0.15, 0.2) is 24.3 Å². The van der Waals surface area contributed by atoms with E-state index in [1.807, 2.05) is 0 Å². The van der Waals surface area contributed by atoms with Gasteiger partial charge in [0.2, 0.25) is 0 Å². The van der Waals surface area contributed by atoms with Crippen LogP contribution >= 0.6 is 0 Å². The normalized spacial score (nSPS) is 25.8. The number of Topliss-reactive ketones (excluding diaryl/α,β-unsaturated/α-hetero) is 1. The number of aliphatic hydroxyl groups is 1. The van der Waals surface area contributed by atoms with Crippen molar-refractivity contribution in [3.63, 3.8) is 0 Å². The van der Waals surface area contributed by atoms with Crippen molar-refractivity contribution in [3.05, 3.63) is 35.4 Å². The Bertz CT molecular complexity index is 915. The summed E-state index contributed by atoms with van der Waals surface area (Å²) in [5, 5.41) is 11.2. The zero-order valence-electron chi connectivity index (χ0n) is 20.6. The van der Waals surface area contributed by atoms with Crippen LogP contribution in [-0.2, 0) is 28.6 Å². The number of carbonyl (C=O) groups is 4. The summed E-state index contributed by atoms with van der Waals surface area (Å²) in [6.45, 7) is 11.5. The summed E-state index contributed by atoms with van der Waals surface area (Å²) in [4.78, 5) is 51.4. The second-order valence-electron chi connectivity index (χ2n) is 10.7. The summed E-state index contributed by atoms with van der Waals surface area (Å²) in [6.07, 6.45) is -0.405. The van der Waals surface area contributed by atoms with Crippen molar-refractivity contribution in [1.82, 2.24) is 0 Å². The number of ether oxygens (including phenoxy) is 3. The molecule has 0 radical (unpaired) electrons. The van der Waals surface area contributed by atoms with Crippen molar-refractivity contribution in [2.24, 2.45) is 11.8 Å². The zero-order chi connectivity index (χ0) is 25.4. The van der Waals surface area contributed by atoms with Gasteiger partial charge in [-0.05, 0) is 66.2 Å². The van der Waals surface area contributed by atoms with Crippen LogP contribution in [0.25, 0.3) is 0 Å². The Balaban J connectivity index is 2.65. The molecule has 8 heteroatoms. The molecule has 1 N–H and O–H groups in total. The van der Waals surface area contributed by atoms with Gasteiger partial charge in [-0.15, -0.1) is 0 Å². The van der Waals surface area contributed by atoms with Crippen LogP contribution in [0.5, 0.6) is 0 Å². The van der Waals surface area contributed by atoms with Gasteiger partial charge in [-0.3, -0.25) is 14.4 Å². The SMILES string of the molecule is COC(=O)c1ccc([C@@H]2[C@@H](C(=O)OC(C)(C)C)C(=O)C[C@@](C)(O)[C@@H]2C(=O)OC(C)(C)C)cc1. The van der Waals surface area contributed by atoms with E-state index in [1.54, 1.807) is 53.7 Å². The Kier molecular flexibility index (Phi) is 7.43. The number of benzene rings is 1. The lowest BCUT2D eigenvalue weighted by Crippen LogP contribution is -2.56. The fraction of sp³-hybridized carbons (Fsp3) is 0.600. The van der Waals surface area contributed by atoms with E-state index in [4.69, 9.17) is 14.2 Å². The van der Waals surface area contributed by atoms with Gasteiger partial charge in [-0.25, -0.2) is 4.79 Å². The average Bonchev–Trinajstić information content (AvgIpc) is 2.63. The molecule has 0 saturated heterocycles. The number of rotatable bonds is 4. The van der Waals surface area contributed by atoms with E-state index in [0.29, 0.717) is 5.56 Å². The van der Waals surface area contributed by atoms with Gasteiger partial charge in [0.05, 0.1) is 24.2 Å². The van der Waals surface area contributed by atoms with Crippen LogP contribution in [0.2, 0.25) is 0 Å². The molecule has 1 aromatic carbocycles. The first-order valence-electron chi connectivity index (χ1n) is 10.9. The highest BCUT2D eigenvalue weighted by molar-refractivity contribution is 6.03. The standard InChI is InChI=1S/C25H34O8/c1-23(2,3)32-21(28)18-16(26)13-25(7,30)19(22(29)33-24(4,5)6)17(18)14-9-11-15(12-10-14)20(27)31-8/h9-12,17-19,30H,13H2,1-8H3/t17-,18+,19+,25-/m1/s1. The minimum absolute atomic E-state index is 0.262. The van der Waals surface area contributed by atoms with Gasteiger partial charge in [0.1, 0.15) is 17.1 Å². The highest BCUT2D eigenvalue weighted by Crippen LogP contribution is 2.47. The molecule has 182 valence electrons. The number of ketones is 1. The van der Waals surface area contributed by atoms with Crippen molar-refractivity contribution in [1.29, 1.82) is 0 Å². The van der Waals surface area contributed by atoms with Gasteiger partial charge >= 0.3 is 17.9 Å². The van der Waals surface area contributed by atoms with E-state index in [0.717, 1.165) is 0 Å². The Morgan fingerprint density at radius 3 is 1.88 bits per heavy atom. The van der Waals surface area contributed by atoms with Gasteiger partial charge in [0.25, 0.3) is 0 Å². The predicted octanol–water partition coefficient (Wildman–Crippen LogP) is 3.20. The lowest BCUT2D eigenvalue weighted by Gasteiger charge is -2.44. The molecule has 0 heterocycles. The summed E-state index contributed by atoms with van der Waals surface area (Å²) >= 11 is 0. The monoisotopic (exact) mass is 462 g/mol. The zero-order valence-corrected chi connectivity index (χ0v) is 20.6. The molecular weight excluding hydrogens is 428 g/mol. The molecule has 1 aromatic rings. The van der Waals surface area contributed by atoms with E-state index < -0.39 is 64.7 Å². The van der Waals surface area contributed by atoms with Crippen LogP contribution in [-0.4, -0.2) is 52.7 Å². The smallest absolute Gasteiger partial charge is 0.337 e. The lowest BCUT2D eigenvalue weighted by molar-refractivity contribution is -0.182. The molecule has 0 aromatic heterocycles. The van der Waals surface area contributed by atoms with E-state index in [2.05, 4.69) is 0 Å². The van der Waals surface area contributed by atoms with Crippen molar-refractivity contribution >= 4 is 23.7 Å². The molecule has 2 rings (SSSR count). The fourth-order valence-electron chi connectivity index (χ4n) is 4.11. The summed E-state index contributed by atoms with van der Waals surface area (Å²) < 4.78 is 15.8. The molecule has 33 heavy (non-hydrogen) atoms. The van der Waals surface area contributed by atoms with Gasteiger partial charge < -0.3 is 19.3 Å². The molecule has 4 atom stereocenters. The fourth-order valence-corrected chi connectivity index (χ4v) is 4.11. The molecule has 1 fully saturated rings. The van der Waals surface area contributed by atoms with Gasteiger partial charge in [-0.2, -0.15) is 0 Å². The Morgan fingerprint density at radius 1 is 0.939 bits per heavy atom. The Morgan fingerprint density at radius 2 is 1.42 bits per heavy atom. The largest absolute Gasteiger partial charge is 0.465 e. The number of carbonyl (C=O) groups excluding carboxylic acids is 4. The molecule has 1 aliphatic carbocycles. The highest BCUT2D eigenvalue weighted by atomic mass is 16.6. The molecule has 1 saturated carbocycles. The van der Waals surface area contributed by atoms with E-state index >= 15 is 0 Å². The Hall–Kier alpha value is -2.74. The topological polar surface area (TPSA) is 116 Å². The van der Waals surface area contributed by atoms with Crippen LogP contribution in [0.1, 0.15) is 76.7 Å². The highest BCUT2D eigenvalue weighted by Gasteiger charge is 2.57. The Labute approximate surface area is 194 Å². The first-order chi connectivity index (χ1) is 15.0. The molecule has 1 aliphatic rings. The summed E-state index contributed by atoms with van der Waals surface area (Å²) in [6, 6.07) is 6.04. The van der Waals surface area contributed by atoms with Crippen LogP contribution in [0, 0.1) is 11.8 Å². The maximum atomic E-state index is 13.3. The third-order valence-corrected chi connectivity index (χ3v) is 5.31. The first-order valence-corrected chi connectivity index (χ1v) is 10.9. The minimum Gasteiger partial charge on any atom is -0.465 e. The number of esters is 3. The lowest BCUT2D eigenvalue weighted by atomic mass is 9.61. The molecule has 0 amide bonds. The number of hydrogen-bond donors (Lipinski definition) is 1.